The van der Waals surface area contributed by atoms with Crippen LogP contribution in [0.3, 0.4) is 0 Å². The standard InChI is InChI=1S/C7H17NOSi/c1-6-7(2)8-9-10(3,4)5/h6H2,1-5H3/b8-7-. The molecule has 0 aliphatic heterocycles. The highest BCUT2D eigenvalue weighted by atomic mass is 28.4. The van der Waals surface area contributed by atoms with Crippen molar-refractivity contribution in [3.05, 3.63) is 0 Å². The van der Waals surface area contributed by atoms with Gasteiger partial charge >= 0.3 is 0 Å². The first-order valence-corrected chi connectivity index (χ1v) is 7.08. The van der Waals surface area contributed by atoms with Gasteiger partial charge in [-0.1, -0.05) is 6.92 Å². The molecule has 0 saturated carbocycles. The summed E-state index contributed by atoms with van der Waals surface area (Å²) in [6, 6.07) is 0. The number of rotatable bonds is 3. The molecule has 0 aliphatic carbocycles. The summed E-state index contributed by atoms with van der Waals surface area (Å²) in [7, 11) is -1.42. The molecular formula is C7H17NOSi. The van der Waals surface area contributed by atoms with Crippen LogP contribution in [-0.4, -0.2) is 14.0 Å². The summed E-state index contributed by atoms with van der Waals surface area (Å²) >= 11 is 0. The van der Waals surface area contributed by atoms with Gasteiger partial charge in [-0.3, -0.25) is 0 Å². The van der Waals surface area contributed by atoms with Crippen molar-refractivity contribution in [2.45, 2.75) is 39.9 Å². The minimum absolute atomic E-state index is 0.977. The van der Waals surface area contributed by atoms with E-state index in [1.165, 1.54) is 0 Å². The van der Waals surface area contributed by atoms with Gasteiger partial charge in [0.05, 0.1) is 5.71 Å². The molecule has 0 radical (unpaired) electrons. The average molecular weight is 159 g/mol. The molecule has 60 valence electrons. The number of hydrogen-bond acceptors (Lipinski definition) is 2. The molecule has 0 fully saturated rings. The molecule has 3 heteroatoms. The summed E-state index contributed by atoms with van der Waals surface area (Å²) in [4.78, 5) is 0. The maximum atomic E-state index is 5.31. The van der Waals surface area contributed by atoms with Crippen LogP contribution >= 0.6 is 0 Å². The number of oxime groups is 1. The summed E-state index contributed by atoms with van der Waals surface area (Å²) in [5, 5.41) is 3.99. The molecule has 0 N–H and O–H groups in total. The third-order valence-corrected chi connectivity index (χ3v) is 1.63. The zero-order valence-corrected chi connectivity index (χ0v) is 8.56. The van der Waals surface area contributed by atoms with Crippen LogP contribution in [0.4, 0.5) is 0 Å². The van der Waals surface area contributed by atoms with Crippen LogP contribution in [0.5, 0.6) is 0 Å². The van der Waals surface area contributed by atoms with Gasteiger partial charge in [-0.15, -0.1) is 5.16 Å². The molecule has 0 atom stereocenters. The van der Waals surface area contributed by atoms with Gasteiger partial charge in [0.25, 0.3) is 8.32 Å². The van der Waals surface area contributed by atoms with E-state index in [0.29, 0.717) is 0 Å². The van der Waals surface area contributed by atoms with E-state index < -0.39 is 8.32 Å². The predicted octanol–water partition coefficient (Wildman–Crippen LogP) is 2.62. The van der Waals surface area contributed by atoms with Gasteiger partial charge in [0, 0.05) is 0 Å². The molecular weight excluding hydrogens is 142 g/mol. The van der Waals surface area contributed by atoms with Crippen molar-refractivity contribution >= 4 is 14.0 Å². The van der Waals surface area contributed by atoms with Crippen LogP contribution in [-0.2, 0) is 4.53 Å². The van der Waals surface area contributed by atoms with Crippen molar-refractivity contribution in [3.63, 3.8) is 0 Å². The van der Waals surface area contributed by atoms with E-state index in [-0.39, 0.29) is 0 Å². The second-order valence-corrected chi connectivity index (χ2v) is 7.79. The lowest BCUT2D eigenvalue weighted by Crippen LogP contribution is -2.22. The van der Waals surface area contributed by atoms with Gasteiger partial charge in [0.15, 0.2) is 0 Å². The van der Waals surface area contributed by atoms with E-state index in [1.54, 1.807) is 0 Å². The van der Waals surface area contributed by atoms with Crippen LogP contribution < -0.4 is 0 Å². The van der Waals surface area contributed by atoms with E-state index in [1.807, 2.05) is 6.92 Å². The zero-order valence-electron chi connectivity index (χ0n) is 7.56. The van der Waals surface area contributed by atoms with Crippen molar-refractivity contribution < 1.29 is 4.53 Å². The minimum Gasteiger partial charge on any atom is -0.456 e. The third kappa shape index (κ3) is 5.82. The number of nitrogens with zero attached hydrogens (tertiary/aromatic N) is 1. The van der Waals surface area contributed by atoms with Crippen molar-refractivity contribution in [3.8, 4) is 0 Å². The molecule has 0 rings (SSSR count). The molecule has 0 aromatic heterocycles. The highest BCUT2D eigenvalue weighted by Gasteiger charge is 2.15. The quantitative estimate of drug-likeness (QED) is 0.352. The van der Waals surface area contributed by atoms with Crippen LogP contribution in [0.15, 0.2) is 5.16 Å². The first kappa shape index (κ1) is 9.69. The lowest BCUT2D eigenvalue weighted by Gasteiger charge is -2.13. The highest BCUT2D eigenvalue weighted by Crippen LogP contribution is 2.03. The maximum Gasteiger partial charge on any atom is 0.278 e. The van der Waals surface area contributed by atoms with Gasteiger partial charge in [0.1, 0.15) is 0 Å². The Kier molecular flexibility index (Phi) is 3.64. The molecule has 0 bridgehead atoms. The molecule has 0 spiro atoms. The summed E-state index contributed by atoms with van der Waals surface area (Å²) in [5.74, 6) is 0. The Labute approximate surface area is 64.4 Å². The van der Waals surface area contributed by atoms with Crippen LogP contribution in [0.25, 0.3) is 0 Å². The van der Waals surface area contributed by atoms with Crippen LogP contribution in [0, 0.1) is 0 Å². The summed E-state index contributed by atoms with van der Waals surface area (Å²) in [5.41, 5.74) is 1.07. The topological polar surface area (TPSA) is 21.6 Å². The Morgan fingerprint density at radius 3 is 2.20 bits per heavy atom. The Morgan fingerprint density at radius 2 is 1.90 bits per heavy atom. The molecule has 0 heterocycles. The lowest BCUT2D eigenvalue weighted by molar-refractivity contribution is 0.334. The van der Waals surface area contributed by atoms with E-state index in [2.05, 4.69) is 31.7 Å². The lowest BCUT2D eigenvalue weighted by atomic mass is 10.3. The fraction of sp³-hybridized carbons (Fsp3) is 0.857. The van der Waals surface area contributed by atoms with E-state index in [4.69, 9.17) is 4.53 Å². The van der Waals surface area contributed by atoms with Crippen molar-refractivity contribution in [1.82, 2.24) is 0 Å². The second-order valence-electron chi connectivity index (χ2n) is 3.38. The van der Waals surface area contributed by atoms with Gasteiger partial charge in [-0.05, 0) is 33.0 Å². The summed E-state index contributed by atoms with van der Waals surface area (Å²) in [6.07, 6.45) is 0.977. The Hall–Kier alpha value is -0.313. The fourth-order valence-corrected chi connectivity index (χ4v) is 0.709. The molecule has 0 aromatic carbocycles. The SMILES string of the molecule is CC/C(C)=N\O[Si](C)(C)C. The smallest absolute Gasteiger partial charge is 0.278 e. The summed E-state index contributed by atoms with van der Waals surface area (Å²) < 4.78 is 5.31. The molecule has 0 aliphatic rings. The monoisotopic (exact) mass is 159 g/mol. The first-order chi connectivity index (χ1) is 4.45. The molecule has 0 saturated heterocycles. The van der Waals surface area contributed by atoms with Gasteiger partial charge < -0.3 is 4.53 Å². The maximum absolute atomic E-state index is 5.31. The highest BCUT2D eigenvalue weighted by molar-refractivity contribution is 6.69. The van der Waals surface area contributed by atoms with Crippen molar-refractivity contribution in [2.24, 2.45) is 5.16 Å². The normalized spacial score (nSPS) is 13.5. The minimum atomic E-state index is -1.42. The van der Waals surface area contributed by atoms with Crippen LogP contribution in [0.2, 0.25) is 19.6 Å². The van der Waals surface area contributed by atoms with E-state index in [0.717, 1.165) is 12.1 Å². The fourth-order valence-electron chi connectivity index (χ4n) is 0.279. The molecule has 0 aromatic rings. The molecule has 10 heavy (non-hydrogen) atoms. The molecule has 0 unspecified atom stereocenters. The molecule has 0 amide bonds. The van der Waals surface area contributed by atoms with Crippen molar-refractivity contribution in [1.29, 1.82) is 0 Å². The third-order valence-electron chi connectivity index (χ3n) is 0.987. The van der Waals surface area contributed by atoms with Gasteiger partial charge in [0.2, 0.25) is 0 Å². The zero-order chi connectivity index (χ0) is 8.20. The Balaban J connectivity index is 3.73. The largest absolute Gasteiger partial charge is 0.456 e. The van der Waals surface area contributed by atoms with Gasteiger partial charge in [-0.2, -0.15) is 0 Å². The first-order valence-electron chi connectivity index (χ1n) is 3.67. The number of hydrogen-bond donors (Lipinski definition) is 0. The van der Waals surface area contributed by atoms with Crippen LogP contribution in [0.1, 0.15) is 20.3 Å². The Bertz CT molecular complexity index is 126. The molecule has 2 nitrogen and oxygen atoms in total. The average Bonchev–Trinajstić information content (AvgIpc) is 1.81. The second kappa shape index (κ2) is 3.76. The van der Waals surface area contributed by atoms with Gasteiger partial charge in [-0.25, -0.2) is 0 Å². The Morgan fingerprint density at radius 1 is 1.40 bits per heavy atom. The van der Waals surface area contributed by atoms with E-state index in [9.17, 15) is 0 Å². The summed E-state index contributed by atoms with van der Waals surface area (Å²) in [6.45, 7) is 10.4. The van der Waals surface area contributed by atoms with E-state index >= 15 is 0 Å². The van der Waals surface area contributed by atoms with Crippen molar-refractivity contribution in [2.75, 3.05) is 0 Å². The predicted molar refractivity (Wildman–Crippen MR) is 47.8 cm³/mol.